The Kier molecular flexibility index (Phi) is 7.59. The predicted octanol–water partition coefficient (Wildman–Crippen LogP) is 1.02. The van der Waals surface area contributed by atoms with E-state index in [9.17, 15) is 14.5 Å². The molecule has 0 saturated carbocycles. The van der Waals surface area contributed by atoms with Crippen molar-refractivity contribution in [1.82, 2.24) is 5.32 Å². The highest BCUT2D eigenvalue weighted by atomic mass is 16.3. The summed E-state index contributed by atoms with van der Waals surface area (Å²) in [6.45, 7) is 2.28. The van der Waals surface area contributed by atoms with Crippen LogP contribution in [0.3, 0.4) is 0 Å². The van der Waals surface area contributed by atoms with E-state index in [4.69, 9.17) is 0 Å². The van der Waals surface area contributed by atoms with Gasteiger partial charge in [0.2, 0.25) is 5.91 Å². The number of unbranched alkanes of at least 4 members (excludes halogenated alkanes) is 2. The van der Waals surface area contributed by atoms with Crippen molar-refractivity contribution in [2.75, 3.05) is 13.1 Å². The van der Waals surface area contributed by atoms with Gasteiger partial charge in [0.15, 0.2) is 0 Å². The quantitative estimate of drug-likeness (QED) is 0.361. The van der Waals surface area contributed by atoms with E-state index >= 15 is 0 Å². The smallest absolute Gasteiger partial charge is 0.227 e. The van der Waals surface area contributed by atoms with Gasteiger partial charge in [-0.2, -0.15) is 4.91 Å². The normalized spacial score (nSPS) is 9.50. The Labute approximate surface area is 83.2 Å². The van der Waals surface area contributed by atoms with Gasteiger partial charge in [-0.05, 0) is 26.2 Å². The van der Waals surface area contributed by atoms with Crippen molar-refractivity contribution in [2.45, 2.75) is 32.6 Å². The summed E-state index contributed by atoms with van der Waals surface area (Å²) in [4.78, 5) is 31.2. The lowest BCUT2D eigenvalue weighted by molar-refractivity contribution is -0.127. The van der Waals surface area contributed by atoms with Crippen LogP contribution in [0.25, 0.3) is 0 Å². The lowest BCUT2D eigenvalue weighted by Gasteiger charge is -2.02. The Hall–Kier alpha value is -1.26. The van der Waals surface area contributed by atoms with E-state index in [0.29, 0.717) is 13.1 Å². The second-order valence-electron chi connectivity index (χ2n) is 3.14. The minimum Gasteiger partial charge on any atom is -0.356 e. The van der Waals surface area contributed by atoms with E-state index in [0.717, 1.165) is 19.3 Å². The maximum atomic E-state index is 10.9. The Balaban J connectivity index is 3.23. The zero-order valence-corrected chi connectivity index (χ0v) is 8.41. The van der Waals surface area contributed by atoms with Gasteiger partial charge in [0.1, 0.15) is 5.78 Å². The van der Waals surface area contributed by atoms with Gasteiger partial charge in [0.05, 0.1) is 13.0 Å². The van der Waals surface area contributed by atoms with Crippen LogP contribution >= 0.6 is 0 Å². The number of rotatable bonds is 8. The topological polar surface area (TPSA) is 75.6 Å². The zero-order valence-electron chi connectivity index (χ0n) is 8.41. The van der Waals surface area contributed by atoms with E-state index in [1.165, 1.54) is 6.92 Å². The average molecular weight is 200 g/mol. The fourth-order valence-corrected chi connectivity index (χ4v) is 0.995. The molecule has 14 heavy (non-hydrogen) atoms. The Morgan fingerprint density at radius 1 is 1.21 bits per heavy atom. The lowest BCUT2D eigenvalue weighted by atomic mass is 10.2. The third kappa shape index (κ3) is 8.83. The summed E-state index contributed by atoms with van der Waals surface area (Å²) in [5.41, 5.74) is 0. The number of amides is 1. The predicted molar refractivity (Wildman–Crippen MR) is 52.8 cm³/mol. The Bertz CT molecular complexity index is 204. The molecular weight excluding hydrogens is 184 g/mol. The van der Waals surface area contributed by atoms with Gasteiger partial charge < -0.3 is 5.32 Å². The van der Waals surface area contributed by atoms with Gasteiger partial charge in [-0.15, -0.1) is 0 Å². The number of ketones is 1. The van der Waals surface area contributed by atoms with Crippen LogP contribution in [-0.2, 0) is 9.59 Å². The molecule has 1 N–H and O–H groups in total. The first-order valence-corrected chi connectivity index (χ1v) is 4.72. The van der Waals surface area contributed by atoms with E-state index in [-0.39, 0.29) is 18.1 Å². The maximum absolute atomic E-state index is 10.9. The first-order chi connectivity index (χ1) is 6.66. The SMILES string of the molecule is CC(=O)CC(=O)NCCCCCN=O. The van der Waals surface area contributed by atoms with Crippen molar-refractivity contribution in [1.29, 1.82) is 0 Å². The highest BCUT2D eigenvalue weighted by Gasteiger charge is 2.02. The summed E-state index contributed by atoms with van der Waals surface area (Å²) < 4.78 is 0. The molecule has 1 amide bonds. The van der Waals surface area contributed by atoms with E-state index < -0.39 is 0 Å². The first kappa shape index (κ1) is 12.7. The molecule has 0 aliphatic rings. The molecule has 0 aliphatic heterocycles. The first-order valence-electron chi connectivity index (χ1n) is 4.72. The van der Waals surface area contributed by atoms with Crippen LogP contribution in [0.4, 0.5) is 0 Å². The number of Topliss-reactive ketones (excluding diaryl/α,β-unsaturated/α-hetero) is 1. The molecule has 0 heterocycles. The summed E-state index contributed by atoms with van der Waals surface area (Å²) in [6, 6.07) is 0. The molecular formula is C9H16N2O3. The minimum atomic E-state index is -0.231. The van der Waals surface area contributed by atoms with Crippen LogP contribution in [0.5, 0.6) is 0 Å². The molecule has 0 atom stereocenters. The van der Waals surface area contributed by atoms with Gasteiger partial charge in [-0.3, -0.25) is 9.59 Å². The maximum Gasteiger partial charge on any atom is 0.227 e. The van der Waals surface area contributed by atoms with Crippen LogP contribution in [0.2, 0.25) is 0 Å². The lowest BCUT2D eigenvalue weighted by Crippen LogP contribution is -2.25. The molecule has 5 nitrogen and oxygen atoms in total. The molecule has 0 saturated heterocycles. The third-order valence-electron chi connectivity index (χ3n) is 1.66. The number of nitrogens with zero attached hydrogens (tertiary/aromatic N) is 1. The van der Waals surface area contributed by atoms with Crippen LogP contribution in [-0.4, -0.2) is 24.8 Å². The highest BCUT2D eigenvalue weighted by Crippen LogP contribution is 1.94. The van der Waals surface area contributed by atoms with Crippen LogP contribution in [0, 0.1) is 4.91 Å². The molecule has 5 heteroatoms. The van der Waals surface area contributed by atoms with Gasteiger partial charge in [0, 0.05) is 6.54 Å². The third-order valence-corrected chi connectivity index (χ3v) is 1.66. The molecule has 0 spiro atoms. The van der Waals surface area contributed by atoms with Crippen molar-refractivity contribution in [3.05, 3.63) is 4.91 Å². The standard InChI is InChI=1S/C9H16N2O3/c1-8(12)7-9(13)10-5-3-2-4-6-11-14/h2-7H2,1H3,(H,10,13). The Morgan fingerprint density at radius 3 is 2.50 bits per heavy atom. The number of nitroso groups, excluding NO2 is 1. The number of carbonyl (C=O) groups is 2. The molecule has 80 valence electrons. The van der Waals surface area contributed by atoms with Gasteiger partial charge in [-0.25, -0.2) is 0 Å². The summed E-state index contributed by atoms with van der Waals surface area (Å²) in [5, 5.41) is 5.35. The summed E-state index contributed by atoms with van der Waals surface area (Å²) >= 11 is 0. The summed E-state index contributed by atoms with van der Waals surface area (Å²) in [6.07, 6.45) is 2.40. The van der Waals surface area contributed by atoms with Crippen LogP contribution in [0.1, 0.15) is 32.6 Å². The number of nitrogens with one attached hydrogen (secondary N) is 1. The number of hydrogen-bond acceptors (Lipinski definition) is 4. The Morgan fingerprint density at radius 2 is 1.93 bits per heavy atom. The number of carbonyl (C=O) groups excluding carboxylic acids is 2. The van der Waals surface area contributed by atoms with Crippen molar-refractivity contribution in [2.24, 2.45) is 5.18 Å². The molecule has 0 fully saturated rings. The van der Waals surface area contributed by atoms with E-state index in [1.54, 1.807) is 0 Å². The zero-order chi connectivity index (χ0) is 10.8. The average Bonchev–Trinajstić information content (AvgIpc) is 2.10. The highest BCUT2D eigenvalue weighted by molar-refractivity contribution is 5.96. The second-order valence-corrected chi connectivity index (χ2v) is 3.14. The van der Waals surface area contributed by atoms with Crippen LogP contribution < -0.4 is 5.32 Å². The van der Waals surface area contributed by atoms with Crippen molar-refractivity contribution >= 4 is 11.7 Å². The summed E-state index contributed by atoms with van der Waals surface area (Å²) in [5.74, 6) is -0.362. The van der Waals surface area contributed by atoms with Crippen molar-refractivity contribution < 1.29 is 9.59 Å². The fraction of sp³-hybridized carbons (Fsp3) is 0.778. The molecule has 0 rings (SSSR count). The minimum absolute atomic E-state index is 0.0457. The molecule has 0 radical (unpaired) electrons. The van der Waals surface area contributed by atoms with E-state index in [2.05, 4.69) is 10.5 Å². The molecule has 0 unspecified atom stereocenters. The number of hydrogen-bond donors (Lipinski definition) is 1. The summed E-state index contributed by atoms with van der Waals surface area (Å²) in [7, 11) is 0. The van der Waals surface area contributed by atoms with Crippen LogP contribution in [0.15, 0.2) is 5.18 Å². The van der Waals surface area contributed by atoms with Crippen molar-refractivity contribution in [3.63, 3.8) is 0 Å². The molecule has 0 aromatic rings. The fourth-order valence-electron chi connectivity index (χ4n) is 0.995. The van der Waals surface area contributed by atoms with Gasteiger partial charge in [-0.1, -0.05) is 5.18 Å². The largest absolute Gasteiger partial charge is 0.356 e. The van der Waals surface area contributed by atoms with E-state index in [1.807, 2.05) is 0 Å². The molecule has 0 aliphatic carbocycles. The second kappa shape index (κ2) is 8.34. The molecule has 0 aromatic heterocycles. The molecule has 0 aromatic carbocycles. The molecule has 0 bridgehead atoms. The van der Waals surface area contributed by atoms with Gasteiger partial charge >= 0.3 is 0 Å². The van der Waals surface area contributed by atoms with Crippen molar-refractivity contribution in [3.8, 4) is 0 Å². The monoisotopic (exact) mass is 200 g/mol. The van der Waals surface area contributed by atoms with Gasteiger partial charge in [0.25, 0.3) is 0 Å².